The Morgan fingerprint density at radius 1 is 1.37 bits per heavy atom. The van der Waals surface area contributed by atoms with Gasteiger partial charge in [0.1, 0.15) is 0 Å². The molecule has 0 saturated heterocycles. The van der Waals surface area contributed by atoms with Gasteiger partial charge in [-0.15, -0.1) is 0 Å². The van der Waals surface area contributed by atoms with Crippen molar-refractivity contribution in [3.05, 3.63) is 33.9 Å². The average molecular weight is 267 g/mol. The third-order valence-corrected chi connectivity index (χ3v) is 2.85. The minimum absolute atomic E-state index is 0.0450. The zero-order chi connectivity index (χ0) is 14.1. The maximum absolute atomic E-state index is 10.7. The first-order valence-corrected chi connectivity index (χ1v) is 6.50. The van der Waals surface area contributed by atoms with Gasteiger partial charge in [0.2, 0.25) is 0 Å². The van der Waals surface area contributed by atoms with Gasteiger partial charge in [0.15, 0.2) is 0 Å². The predicted octanol–water partition coefficient (Wildman–Crippen LogP) is 2.98. The van der Waals surface area contributed by atoms with E-state index >= 15 is 0 Å². The summed E-state index contributed by atoms with van der Waals surface area (Å²) in [5.41, 5.74) is 3.92. The summed E-state index contributed by atoms with van der Waals surface area (Å²) in [5, 5.41) is 10.7. The van der Waals surface area contributed by atoms with E-state index in [0.717, 1.165) is 12.8 Å². The van der Waals surface area contributed by atoms with Crippen molar-refractivity contribution in [2.24, 2.45) is 5.84 Å². The molecule has 6 heteroatoms. The topological polar surface area (TPSA) is 90.4 Å². The number of anilines is 1. The number of hydrazine groups is 1. The largest absolute Gasteiger partial charge is 0.377 e. The Balaban J connectivity index is 2.50. The van der Waals surface area contributed by atoms with Crippen LogP contribution in [0.5, 0.6) is 0 Å². The van der Waals surface area contributed by atoms with Gasteiger partial charge < -0.3 is 10.2 Å². The Labute approximate surface area is 113 Å². The van der Waals surface area contributed by atoms with Crippen molar-refractivity contribution >= 4 is 11.4 Å². The number of benzene rings is 1. The molecule has 0 heterocycles. The fraction of sp³-hybridized carbons (Fsp3) is 0.538. The van der Waals surface area contributed by atoms with Gasteiger partial charge in [-0.1, -0.05) is 26.2 Å². The van der Waals surface area contributed by atoms with E-state index in [4.69, 9.17) is 10.6 Å². The van der Waals surface area contributed by atoms with Gasteiger partial charge in [0.05, 0.1) is 17.2 Å². The van der Waals surface area contributed by atoms with Crippen molar-refractivity contribution in [1.82, 2.24) is 0 Å². The van der Waals surface area contributed by atoms with E-state index < -0.39 is 4.92 Å². The van der Waals surface area contributed by atoms with Gasteiger partial charge >= 0.3 is 0 Å². The normalized spacial score (nSPS) is 10.4. The minimum atomic E-state index is -0.426. The number of unbranched alkanes of at least 4 members (excludes halogenated alkanes) is 3. The molecule has 0 radical (unpaired) electrons. The number of hydrogen-bond acceptors (Lipinski definition) is 5. The standard InChI is InChI=1S/C13H21N3O3/c1-2-3-4-5-8-19-10-11-9-12(16(17)18)6-7-13(11)15-14/h6-7,9,15H,2-5,8,10,14H2,1H3. The molecule has 0 spiro atoms. The molecule has 0 aliphatic rings. The van der Waals surface area contributed by atoms with Gasteiger partial charge in [-0.05, 0) is 12.5 Å². The van der Waals surface area contributed by atoms with Gasteiger partial charge in [0.25, 0.3) is 5.69 Å². The van der Waals surface area contributed by atoms with Gasteiger partial charge in [-0.25, -0.2) is 0 Å². The Hall–Kier alpha value is -1.66. The molecule has 0 aliphatic heterocycles. The summed E-state index contributed by atoms with van der Waals surface area (Å²) >= 11 is 0. The van der Waals surface area contributed by atoms with Crippen LogP contribution in [-0.4, -0.2) is 11.5 Å². The second-order valence-corrected chi connectivity index (χ2v) is 4.36. The smallest absolute Gasteiger partial charge is 0.269 e. The van der Waals surface area contributed by atoms with E-state index in [-0.39, 0.29) is 5.69 Å². The zero-order valence-electron chi connectivity index (χ0n) is 11.2. The molecular weight excluding hydrogens is 246 g/mol. The summed E-state index contributed by atoms with van der Waals surface area (Å²) < 4.78 is 5.53. The third-order valence-electron chi connectivity index (χ3n) is 2.85. The van der Waals surface area contributed by atoms with Crippen molar-refractivity contribution in [3.8, 4) is 0 Å². The fourth-order valence-corrected chi connectivity index (χ4v) is 1.77. The lowest BCUT2D eigenvalue weighted by molar-refractivity contribution is -0.384. The van der Waals surface area contributed by atoms with E-state index in [1.54, 1.807) is 6.07 Å². The molecule has 0 aromatic heterocycles. The van der Waals surface area contributed by atoms with Crippen LogP contribution >= 0.6 is 0 Å². The van der Waals surface area contributed by atoms with E-state index in [1.807, 2.05) is 0 Å². The van der Waals surface area contributed by atoms with Crippen molar-refractivity contribution in [2.75, 3.05) is 12.0 Å². The van der Waals surface area contributed by atoms with Crippen LogP contribution in [0, 0.1) is 10.1 Å². The molecule has 19 heavy (non-hydrogen) atoms. The number of nitrogen functional groups attached to an aromatic ring is 1. The van der Waals surface area contributed by atoms with Crippen LogP contribution in [0.2, 0.25) is 0 Å². The summed E-state index contributed by atoms with van der Waals surface area (Å²) in [5.74, 6) is 5.37. The first-order valence-electron chi connectivity index (χ1n) is 6.50. The summed E-state index contributed by atoms with van der Waals surface area (Å²) in [4.78, 5) is 10.3. The molecule has 0 bridgehead atoms. The molecule has 0 fully saturated rings. The second-order valence-electron chi connectivity index (χ2n) is 4.36. The Morgan fingerprint density at radius 3 is 2.79 bits per heavy atom. The number of nitrogens with zero attached hydrogens (tertiary/aromatic N) is 1. The Bertz CT molecular complexity index is 410. The maximum atomic E-state index is 10.7. The Kier molecular flexibility index (Phi) is 6.84. The quantitative estimate of drug-likeness (QED) is 0.310. The molecule has 0 atom stereocenters. The van der Waals surface area contributed by atoms with Gasteiger partial charge in [0, 0.05) is 24.3 Å². The predicted molar refractivity (Wildman–Crippen MR) is 74.7 cm³/mol. The molecule has 106 valence electrons. The number of nitrogens with two attached hydrogens (primary N) is 1. The highest BCUT2D eigenvalue weighted by Gasteiger charge is 2.10. The maximum Gasteiger partial charge on any atom is 0.269 e. The lowest BCUT2D eigenvalue weighted by Gasteiger charge is -2.09. The van der Waals surface area contributed by atoms with Crippen molar-refractivity contribution in [1.29, 1.82) is 0 Å². The van der Waals surface area contributed by atoms with E-state index in [9.17, 15) is 10.1 Å². The zero-order valence-corrected chi connectivity index (χ0v) is 11.2. The number of nitro benzene ring substituents is 1. The lowest BCUT2D eigenvalue weighted by atomic mass is 10.1. The first-order chi connectivity index (χ1) is 9.19. The summed E-state index contributed by atoms with van der Waals surface area (Å²) in [6.07, 6.45) is 4.55. The molecule has 0 aliphatic carbocycles. The Morgan fingerprint density at radius 2 is 2.16 bits per heavy atom. The second kappa shape index (κ2) is 8.44. The molecule has 0 saturated carbocycles. The van der Waals surface area contributed by atoms with Crippen molar-refractivity contribution in [2.45, 2.75) is 39.2 Å². The molecule has 6 nitrogen and oxygen atoms in total. The number of rotatable bonds is 9. The van der Waals surface area contributed by atoms with Gasteiger partial charge in [-0.2, -0.15) is 0 Å². The fourth-order valence-electron chi connectivity index (χ4n) is 1.77. The highest BCUT2D eigenvalue weighted by molar-refractivity contribution is 5.55. The minimum Gasteiger partial charge on any atom is -0.377 e. The molecule has 0 amide bonds. The number of nitrogens with one attached hydrogen (secondary N) is 1. The first kappa shape index (κ1) is 15.4. The third kappa shape index (κ3) is 5.23. The molecule has 0 unspecified atom stereocenters. The molecule has 3 N–H and O–H groups in total. The monoisotopic (exact) mass is 267 g/mol. The number of hydrogen-bond donors (Lipinski definition) is 2. The molecule has 1 rings (SSSR count). The number of non-ortho nitro benzene ring substituents is 1. The summed E-state index contributed by atoms with van der Waals surface area (Å²) in [6, 6.07) is 4.50. The van der Waals surface area contributed by atoms with Crippen LogP contribution in [0.4, 0.5) is 11.4 Å². The van der Waals surface area contributed by atoms with E-state index in [0.29, 0.717) is 24.5 Å². The van der Waals surface area contributed by atoms with Crippen LogP contribution in [0.1, 0.15) is 38.2 Å². The van der Waals surface area contributed by atoms with Crippen LogP contribution < -0.4 is 11.3 Å². The average Bonchev–Trinajstić information content (AvgIpc) is 2.42. The van der Waals surface area contributed by atoms with Crippen LogP contribution in [0.15, 0.2) is 18.2 Å². The van der Waals surface area contributed by atoms with Gasteiger partial charge in [-0.3, -0.25) is 16.0 Å². The van der Waals surface area contributed by atoms with E-state index in [1.165, 1.54) is 25.0 Å². The molecule has 1 aromatic carbocycles. The summed E-state index contributed by atoms with van der Waals surface area (Å²) in [6.45, 7) is 3.14. The van der Waals surface area contributed by atoms with Crippen LogP contribution in [0.3, 0.4) is 0 Å². The van der Waals surface area contributed by atoms with Crippen LogP contribution in [-0.2, 0) is 11.3 Å². The van der Waals surface area contributed by atoms with Crippen molar-refractivity contribution < 1.29 is 9.66 Å². The number of ether oxygens (including phenoxy) is 1. The SMILES string of the molecule is CCCCCCOCc1cc([N+](=O)[O-])ccc1NN. The highest BCUT2D eigenvalue weighted by atomic mass is 16.6. The molecule has 1 aromatic rings. The number of nitro groups is 1. The highest BCUT2D eigenvalue weighted by Crippen LogP contribution is 2.22. The summed E-state index contributed by atoms with van der Waals surface area (Å²) in [7, 11) is 0. The van der Waals surface area contributed by atoms with E-state index in [2.05, 4.69) is 12.3 Å². The van der Waals surface area contributed by atoms with Crippen LogP contribution in [0.25, 0.3) is 0 Å². The molecular formula is C13H21N3O3. The lowest BCUT2D eigenvalue weighted by Crippen LogP contribution is -2.10. The van der Waals surface area contributed by atoms with Crippen molar-refractivity contribution in [3.63, 3.8) is 0 Å².